The molecule has 1 amide bonds. The Morgan fingerprint density at radius 2 is 2.00 bits per heavy atom. The molecule has 2 unspecified atom stereocenters. The lowest BCUT2D eigenvalue weighted by atomic mass is 9.90. The summed E-state index contributed by atoms with van der Waals surface area (Å²) in [4.78, 5) is 22.6. The maximum absolute atomic E-state index is 13.5. The Morgan fingerprint density at radius 1 is 1.21 bits per heavy atom. The minimum absolute atomic E-state index is 0.00364. The topological polar surface area (TPSA) is 65.9 Å². The van der Waals surface area contributed by atoms with Crippen LogP contribution in [0.3, 0.4) is 0 Å². The first-order valence-corrected chi connectivity index (χ1v) is 15.4. The van der Waals surface area contributed by atoms with Crippen LogP contribution in [0.2, 0.25) is 5.02 Å². The molecule has 2 aliphatic rings. The van der Waals surface area contributed by atoms with Gasteiger partial charge in [0.1, 0.15) is 12.4 Å². The van der Waals surface area contributed by atoms with Gasteiger partial charge in [0.05, 0.1) is 11.3 Å². The predicted octanol–water partition coefficient (Wildman–Crippen LogP) is 6.83. The van der Waals surface area contributed by atoms with Gasteiger partial charge in [0, 0.05) is 60.5 Å². The fourth-order valence-electron chi connectivity index (χ4n) is 5.85. The predicted molar refractivity (Wildman–Crippen MR) is 168 cm³/mol. The first-order valence-electron chi connectivity index (χ1n) is 15.1. The third-order valence-corrected chi connectivity index (χ3v) is 8.84. The summed E-state index contributed by atoms with van der Waals surface area (Å²) in [7, 11) is 0. The van der Waals surface area contributed by atoms with Gasteiger partial charge in [-0.05, 0) is 80.1 Å². The van der Waals surface area contributed by atoms with Gasteiger partial charge in [-0.15, -0.1) is 0 Å². The molecule has 0 spiro atoms. The Labute approximate surface area is 255 Å². The van der Waals surface area contributed by atoms with Gasteiger partial charge in [-0.1, -0.05) is 55.8 Å². The highest BCUT2D eigenvalue weighted by atomic mass is 35.5. The van der Waals surface area contributed by atoms with E-state index >= 15 is 0 Å². The Bertz CT molecular complexity index is 1430. The van der Waals surface area contributed by atoms with Crippen LogP contribution >= 0.6 is 11.6 Å². The summed E-state index contributed by atoms with van der Waals surface area (Å²) in [6.45, 7) is 11.4. The maximum Gasteiger partial charge on any atom is 0.225 e. The van der Waals surface area contributed by atoms with Gasteiger partial charge in [0.25, 0.3) is 0 Å². The van der Waals surface area contributed by atoms with E-state index in [9.17, 15) is 9.90 Å². The first-order chi connectivity index (χ1) is 20.1. The number of likely N-dealkylation sites (tertiary alicyclic amines) is 1. The summed E-state index contributed by atoms with van der Waals surface area (Å²) in [6.07, 6.45) is 6.73. The van der Waals surface area contributed by atoms with E-state index < -0.39 is 5.60 Å². The number of halogens is 1. The molecular formula is C35H42ClN3O3. The van der Waals surface area contributed by atoms with E-state index in [1.54, 1.807) is 20.0 Å². The SMILES string of the molecule is CCC(C)C(=O)N(Cc1ccc(Cl)cc1)C1CCN(CCC=C2c3cc(C(C)(C)O)ccc3OCc3ncccc32)C1. The number of nitrogens with zero attached hydrogens (tertiary/aromatic N) is 3. The van der Waals surface area contributed by atoms with Crippen molar-refractivity contribution in [3.05, 3.63) is 99.8 Å². The fraction of sp³-hybridized carbons (Fsp3) is 0.429. The zero-order chi connectivity index (χ0) is 29.9. The highest BCUT2D eigenvalue weighted by molar-refractivity contribution is 6.30. The van der Waals surface area contributed by atoms with Crippen LogP contribution in [0.4, 0.5) is 0 Å². The van der Waals surface area contributed by atoms with Crippen molar-refractivity contribution in [1.29, 1.82) is 0 Å². The number of amides is 1. The number of aromatic nitrogens is 1. The van der Waals surface area contributed by atoms with Crippen LogP contribution in [0.5, 0.6) is 5.75 Å². The molecule has 3 aromatic rings. The van der Waals surface area contributed by atoms with Crippen LogP contribution in [0.1, 0.15) is 74.9 Å². The molecule has 2 aliphatic heterocycles. The van der Waals surface area contributed by atoms with E-state index in [2.05, 4.69) is 33.8 Å². The number of carbonyl (C=O) groups excluding carboxylic acids is 1. The van der Waals surface area contributed by atoms with Crippen LogP contribution in [0.15, 0.2) is 66.9 Å². The number of aliphatic hydroxyl groups is 1. The molecule has 1 fully saturated rings. The van der Waals surface area contributed by atoms with E-state index in [4.69, 9.17) is 16.3 Å². The van der Waals surface area contributed by atoms with Crippen LogP contribution in [0, 0.1) is 5.92 Å². The van der Waals surface area contributed by atoms with Crippen molar-refractivity contribution >= 4 is 23.1 Å². The molecule has 1 saturated heterocycles. The summed E-state index contributed by atoms with van der Waals surface area (Å²) in [6, 6.07) is 18.0. The number of benzene rings is 2. The summed E-state index contributed by atoms with van der Waals surface area (Å²) < 4.78 is 6.16. The molecule has 1 aromatic heterocycles. The second kappa shape index (κ2) is 13.0. The lowest BCUT2D eigenvalue weighted by Gasteiger charge is -2.31. The monoisotopic (exact) mass is 587 g/mol. The standard InChI is InChI=1S/C35H42ClN3O3/c1-5-24(2)34(40)39(21-25-10-13-27(36)14-11-25)28-16-19-38(22-28)18-7-9-29-30-8-6-17-37-32(30)23-42-33-15-12-26(20-31(29)33)35(3,4)41/h6,8-15,17,20,24,28,41H,5,7,16,18-19,21-23H2,1-4H3. The van der Waals surface area contributed by atoms with Crippen molar-refractivity contribution in [3.8, 4) is 5.75 Å². The number of rotatable bonds is 9. The lowest BCUT2D eigenvalue weighted by molar-refractivity contribution is -0.138. The maximum atomic E-state index is 13.5. The Hall–Kier alpha value is -3.19. The van der Waals surface area contributed by atoms with E-state index in [0.717, 1.165) is 78.2 Å². The Morgan fingerprint density at radius 3 is 2.74 bits per heavy atom. The molecule has 6 nitrogen and oxygen atoms in total. The van der Waals surface area contributed by atoms with Crippen LogP contribution < -0.4 is 4.74 Å². The third kappa shape index (κ3) is 6.88. The molecule has 222 valence electrons. The summed E-state index contributed by atoms with van der Waals surface area (Å²) in [5.74, 6) is 1.02. The molecule has 42 heavy (non-hydrogen) atoms. The average molecular weight is 588 g/mol. The number of hydrogen-bond acceptors (Lipinski definition) is 5. The molecule has 0 bridgehead atoms. The molecule has 3 heterocycles. The van der Waals surface area contributed by atoms with Crippen molar-refractivity contribution in [2.45, 2.75) is 71.8 Å². The van der Waals surface area contributed by atoms with Gasteiger partial charge in [-0.3, -0.25) is 9.78 Å². The molecule has 2 atom stereocenters. The minimum atomic E-state index is -0.959. The molecule has 2 aromatic carbocycles. The number of fused-ring (bicyclic) bond motifs is 2. The van der Waals surface area contributed by atoms with Gasteiger partial charge in [0.15, 0.2) is 0 Å². The molecule has 5 rings (SSSR count). The normalized spacial score (nSPS) is 18.6. The summed E-state index contributed by atoms with van der Waals surface area (Å²) >= 11 is 6.11. The largest absolute Gasteiger partial charge is 0.487 e. The molecular weight excluding hydrogens is 546 g/mol. The third-order valence-electron chi connectivity index (χ3n) is 8.59. The Kier molecular flexibility index (Phi) is 9.36. The van der Waals surface area contributed by atoms with Crippen LogP contribution in [-0.4, -0.2) is 51.5 Å². The molecule has 0 aliphatic carbocycles. The van der Waals surface area contributed by atoms with Crippen LogP contribution in [0.25, 0.3) is 5.57 Å². The van der Waals surface area contributed by atoms with Crippen LogP contribution in [-0.2, 0) is 23.5 Å². The van der Waals surface area contributed by atoms with Gasteiger partial charge in [0.2, 0.25) is 5.91 Å². The van der Waals surface area contributed by atoms with Gasteiger partial charge < -0.3 is 19.6 Å². The van der Waals surface area contributed by atoms with Crippen molar-refractivity contribution in [3.63, 3.8) is 0 Å². The molecule has 7 heteroatoms. The second-order valence-electron chi connectivity index (χ2n) is 12.1. The van der Waals surface area contributed by atoms with E-state index in [0.29, 0.717) is 18.2 Å². The summed E-state index contributed by atoms with van der Waals surface area (Å²) in [5.41, 5.74) is 5.03. The van der Waals surface area contributed by atoms with E-state index in [-0.39, 0.29) is 17.9 Å². The molecule has 0 saturated carbocycles. The quantitative estimate of drug-likeness (QED) is 0.297. The van der Waals surface area contributed by atoms with E-state index in [1.165, 1.54) is 0 Å². The fourth-order valence-corrected chi connectivity index (χ4v) is 5.97. The number of pyridine rings is 1. The smallest absolute Gasteiger partial charge is 0.225 e. The minimum Gasteiger partial charge on any atom is -0.487 e. The Balaban J connectivity index is 1.34. The first kappa shape index (κ1) is 30.3. The zero-order valence-electron chi connectivity index (χ0n) is 25.1. The molecule has 0 radical (unpaired) electrons. The average Bonchev–Trinajstić information content (AvgIpc) is 3.39. The van der Waals surface area contributed by atoms with Crippen molar-refractivity contribution < 1.29 is 14.6 Å². The van der Waals surface area contributed by atoms with E-state index in [1.807, 2.05) is 55.5 Å². The van der Waals surface area contributed by atoms with Crippen molar-refractivity contribution in [2.24, 2.45) is 5.92 Å². The highest BCUT2D eigenvalue weighted by Crippen LogP contribution is 2.38. The number of hydrogen-bond donors (Lipinski definition) is 1. The number of carbonyl (C=O) groups is 1. The lowest BCUT2D eigenvalue weighted by Crippen LogP contribution is -2.44. The van der Waals surface area contributed by atoms with Crippen molar-refractivity contribution in [1.82, 2.24) is 14.8 Å². The highest BCUT2D eigenvalue weighted by Gasteiger charge is 2.32. The van der Waals surface area contributed by atoms with Crippen molar-refractivity contribution in [2.75, 3.05) is 19.6 Å². The zero-order valence-corrected chi connectivity index (χ0v) is 25.9. The summed E-state index contributed by atoms with van der Waals surface area (Å²) in [5, 5.41) is 11.4. The number of ether oxygens (including phenoxy) is 1. The van der Waals surface area contributed by atoms with Gasteiger partial charge in [-0.25, -0.2) is 0 Å². The molecule has 1 N–H and O–H groups in total. The van der Waals surface area contributed by atoms with Gasteiger partial charge in [-0.2, -0.15) is 0 Å². The van der Waals surface area contributed by atoms with Gasteiger partial charge >= 0.3 is 0 Å². The second-order valence-corrected chi connectivity index (χ2v) is 12.5.